The van der Waals surface area contributed by atoms with E-state index >= 15 is 0 Å². The van der Waals surface area contributed by atoms with Crippen molar-refractivity contribution >= 4 is 17.4 Å². The lowest BCUT2D eigenvalue weighted by Gasteiger charge is -2.41. The topological polar surface area (TPSA) is 89.6 Å². The van der Waals surface area contributed by atoms with Crippen LogP contribution in [0.1, 0.15) is 29.9 Å². The summed E-state index contributed by atoms with van der Waals surface area (Å²) in [5.74, 6) is -2.05. The number of halogens is 4. The monoisotopic (exact) mass is 410 g/mol. The van der Waals surface area contributed by atoms with Gasteiger partial charge in [-0.2, -0.15) is 13.2 Å². The molecule has 154 valence electrons. The molecule has 0 saturated carbocycles. The summed E-state index contributed by atoms with van der Waals surface area (Å²) in [6.45, 7) is 1.61. The van der Waals surface area contributed by atoms with E-state index in [0.717, 1.165) is 13.0 Å². The van der Waals surface area contributed by atoms with Crippen LogP contribution in [0.15, 0.2) is 47.6 Å². The Morgan fingerprint density at radius 1 is 1.24 bits per heavy atom. The maximum Gasteiger partial charge on any atom is 0.424 e. The molecule has 2 atom stereocenters. The molecule has 3 rings (SSSR count). The Morgan fingerprint density at radius 2 is 1.97 bits per heavy atom. The second-order valence-electron chi connectivity index (χ2n) is 6.95. The van der Waals surface area contributed by atoms with E-state index in [1.54, 1.807) is 12.1 Å². The molecule has 10 heteroatoms. The van der Waals surface area contributed by atoms with E-state index in [2.05, 4.69) is 15.3 Å². The summed E-state index contributed by atoms with van der Waals surface area (Å²) in [7, 11) is 0. The molecule has 0 aliphatic carbocycles. The molecule has 0 unspecified atom stereocenters. The molecule has 1 aliphatic heterocycles. The Morgan fingerprint density at radius 3 is 2.55 bits per heavy atom. The van der Waals surface area contributed by atoms with E-state index in [9.17, 15) is 22.4 Å². The van der Waals surface area contributed by atoms with Crippen LogP contribution < -0.4 is 11.1 Å². The van der Waals surface area contributed by atoms with Crippen molar-refractivity contribution in [2.45, 2.75) is 31.2 Å². The van der Waals surface area contributed by atoms with Crippen molar-refractivity contribution in [3.8, 4) is 0 Å². The zero-order valence-corrected chi connectivity index (χ0v) is 15.5. The number of carbonyl (C=O) groups excluding carboxylic acids is 1. The van der Waals surface area contributed by atoms with Gasteiger partial charge in [-0.15, -0.1) is 0 Å². The third-order valence-corrected chi connectivity index (χ3v) is 4.74. The van der Waals surface area contributed by atoms with Crippen LogP contribution in [0.4, 0.5) is 23.2 Å². The maximum absolute atomic E-state index is 14.5. The van der Waals surface area contributed by atoms with Gasteiger partial charge in [0.2, 0.25) is 5.60 Å². The molecule has 2 aromatic rings. The summed E-state index contributed by atoms with van der Waals surface area (Å²) >= 11 is 0. The zero-order valence-electron chi connectivity index (χ0n) is 15.5. The number of amidine groups is 1. The van der Waals surface area contributed by atoms with Gasteiger partial charge in [0.05, 0.1) is 6.61 Å². The van der Waals surface area contributed by atoms with Gasteiger partial charge >= 0.3 is 6.18 Å². The van der Waals surface area contributed by atoms with Gasteiger partial charge in [0.25, 0.3) is 5.91 Å². The molecule has 1 aromatic heterocycles. The molecule has 2 heterocycles. The van der Waals surface area contributed by atoms with Gasteiger partial charge in [0.15, 0.2) is 0 Å². The lowest BCUT2D eigenvalue weighted by atomic mass is 9.89. The van der Waals surface area contributed by atoms with Crippen LogP contribution in [-0.2, 0) is 10.3 Å². The molecule has 0 fully saturated rings. The molecule has 0 spiro atoms. The Hall–Kier alpha value is -3.01. The first-order chi connectivity index (χ1) is 13.5. The second kappa shape index (κ2) is 7.11. The standard InChI is InChI=1S/C19H18F4N4O2/c1-17(10-29-18(2,16(24)27-17)19(21,22)23)12-9-11(6-7-13(12)20)26-15(28)14-5-3-4-8-25-14/h3-9H,10H2,1-2H3,(H2,24,27)(H,26,28)/t17-,18+/m0/s1. The van der Waals surface area contributed by atoms with Crippen LogP contribution in [0.3, 0.4) is 0 Å². The average Bonchev–Trinajstić information content (AvgIpc) is 2.66. The van der Waals surface area contributed by atoms with E-state index in [1.807, 2.05) is 0 Å². The fraction of sp³-hybridized carbons (Fsp3) is 0.316. The number of hydrogen-bond acceptors (Lipinski definition) is 5. The highest BCUT2D eigenvalue weighted by molar-refractivity contribution is 6.02. The third-order valence-electron chi connectivity index (χ3n) is 4.74. The number of benzene rings is 1. The van der Waals surface area contributed by atoms with Crippen molar-refractivity contribution in [3.63, 3.8) is 0 Å². The fourth-order valence-electron chi connectivity index (χ4n) is 2.84. The molecular weight excluding hydrogens is 392 g/mol. The summed E-state index contributed by atoms with van der Waals surface area (Å²) in [6, 6.07) is 8.46. The van der Waals surface area contributed by atoms with E-state index in [-0.39, 0.29) is 16.9 Å². The van der Waals surface area contributed by atoms with Gasteiger partial charge in [0, 0.05) is 17.4 Å². The predicted octanol–water partition coefficient (Wildman–Crippen LogP) is 3.40. The number of aromatic nitrogens is 1. The van der Waals surface area contributed by atoms with E-state index in [4.69, 9.17) is 10.5 Å². The lowest BCUT2D eigenvalue weighted by molar-refractivity contribution is -0.249. The highest BCUT2D eigenvalue weighted by Crippen LogP contribution is 2.41. The number of carbonyl (C=O) groups is 1. The first-order valence-corrected chi connectivity index (χ1v) is 8.55. The van der Waals surface area contributed by atoms with E-state index < -0.39 is 41.5 Å². The van der Waals surface area contributed by atoms with E-state index in [0.29, 0.717) is 0 Å². The molecule has 29 heavy (non-hydrogen) atoms. The minimum atomic E-state index is -4.78. The summed E-state index contributed by atoms with van der Waals surface area (Å²) in [6.07, 6.45) is -3.33. The molecule has 0 saturated heterocycles. The summed E-state index contributed by atoms with van der Waals surface area (Å²) in [5, 5.41) is 2.57. The molecule has 0 radical (unpaired) electrons. The molecule has 1 aliphatic rings. The van der Waals surface area contributed by atoms with Crippen molar-refractivity contribution in [3.05, 3.63) is 59.7 Å². The van der Waals surface area contributed by atoms with Crippen LogP contribution in [0.5, 0.6) is 0 Å². The molecular formula is C19H18F4N4O2. The minimum Gasteiger partial charge on any atom is -0.385 e. The van der Waals surface area contributed by atoms with Gasteiger partial charge in [-0.25, -0.2) is 4.39 Å². The Kier molecular flexibility index (Phi) is 5.08. The highest BCUT2D eigenvalue weighted by Gasteiger charge is 2.59. The third kappa shape index (κ3) is 3.80. The van der Waals surface area contributed by atoms with Crippen LogP contribution in [-0.4, -0.2) is 35.1 Å². The summed E-state index contributed by atoms with van der Waals surface area (Å²) < 4.78 is 59.3. The molecule has 6 nitrogen and oxygen atoms in total. The quantitative estimate of drug-likeness (QED) is 0.759. The van der Waals surface area contributed by atoms with Crippen LogP contribution in [0.2, 0.25) is 0 Å². The largest absolute Gasteiger partial charge is 0.424 e. The van der Waals surface area contributed by atoms with Gasteiger partial charge < -0.3 is 15.8 Å². The molecule has 1 aromatic carbocycles. The van der Waals surface area contributed by atoms with Crippen LogP contribution in [0, 0.1) is 5.82 Å². The SMILES string of the molecule is C[C@@]1(c2cc(NC(=O)c3ccccn3)ccc2F)CO[C@@](C)(C(F)(F)F)C(N)=N1. The lowest BCUT2D eigenvalue weighted by Crippen LogP contribution is -2.60. The number of nitrogens with two attached hydrogens (primary N) is 1. The van der Waals surface area contributed by atoms with Crippen molar-refractivity contribution in [2.75, 3.05) is 11.9 Å². The van der Waals surface area contributed by atoms with E-state index in [1.165, 1.54) is 31.3 Å². The first-order valence-electron chi connectivity index (χ1n) is 8.55. The van der Waals surface area contributed by atoms with Gasteiger partial charge in [0.1, 0.15) is 22.9 Å². The van der Waals surface area contributed by atoms with Crippen molar-refractivity contribution in [2.24, 2.45) is 10.7 Å². The first kappa shape index (κ1) is 20.7. The minimum absolute atomic E-state index is 0.0662. The van der Waals surface area contributed by atoms with Crippen molar-refractivity contribution in [1.29, 1.82) is 0 Å². The average molecular weight is 410 g/mol. The van der Waals surface area contributed by atoms with Gasteiger partial charge in [-0.3, -0.25) is 14.8 Å². The number of alkyl halides is 3. The number of rotatable bonds is 3. The normalized spacial score (nSPS) is 24.7. The Labute approximate surface area is 163 Å². The number of pyridine rings is 1. The highest BCUT2D eigenvalue weighted by atomic mass is 19.4. The smallest absolute Gasteiger partial charge is 0.385 e. The van der Waals surface area contributed by atoms with Crippen molar-refractivity contribution < 1.29 is 27.1 Å². The number of nitrogens with one attached hydrogen (secondary N) is 1. The fourth-order valence-corrected chi connectivity index (χ4v) is 2.84. The molecule has 0 bridgehead atoms. The predicted molar refractivity (Wildman–Crippen MR) is 98.0 cm³/mol. The molecule has 3 N–H and O–H groups in total. The Bertz CT molecular complexity index is 964. The van der Waals surface area contributed by atoms with Gasteiger partial charge in [-0.05, 0) is 44.2 Å². The van der Waals surface area contributed by atoms with Crippen LogP contribution in [0.25, 0.3) is 0 Å². The summed E-state index contributed by atoms with van der Waals surface area (Å²) in [4.78, 5) is 20.1. The summed E-state index contributed by atoms with van der Waals surface area (Å²) in [5.41, 5.74) is 1.60. The van der Waals surface area contributed by atoms with Crippen LogP contribution >= 0.6 is 0 Å². The molecule has 1 amide bonds. The number of aliphatic imine (C=N–C) groups is 1. The number of nitrogens with zero attached hydrogens (tertiary/aromatic N) is 2. The number of anilines is 1. The number of ether oxygens (including phenoxy) is 1. The van der Waals surface area contributed by atoms with Crippen molar-refractivity contribution in [1.82, 2.24) is 4.98 Å². The number of hydrogen-bond donors (Lipinski definition) is 2. The number of amides is 1. The Balaban J connectivity index is 1.93. The maximum atomic E-state index is 14.5. The second-order valence-corrected chi connectivity index (χ2v) is 6.95. The zero-order chi connectivity index (χ0) is 21.4. The van der Waals surface area contributed by atoms with Gasteiger partial charge in [-0.1, -0.05) is 6.07 Å².